The first-order chi connectivity index (χ1) is 8.56. The van der Waals surface area contributed by atoms with Crippen molar-refractivity contribution >= 4 is 0 Å². The summed E-state index contributed by atoms with van der Waals surface area (Å²) in [5.74, 6) is -0.203. The number of benzene rings is 1. The Labute approximate surface area is 107 Å². The van der Waals surface area contributed by atoms with Crippen molar-refractivity contribution in [2.45, 2.75) is 25.8 Å². The number of hydrogen-bond donors (Lipinski definition) is 1. The van der Waals surface area contributed by atoms with E-state index < -0.39 is 17.7 Å². The van der Waals surface area contributed by atoms with E-state index in [0.717, 1.165) is 31.6 Å². The van der Waals surface area contributed by atoms with E-state index in [0.29, 0.717) is 12.5 Å². The molecule has 1 saturated heterocycles. The number of halogens is 2. The molecule has 0 saturated carbocycles. The van der Waals surface area contributed by atoms with Crippen LogP contribution in [0.15, 0.2) is 18.2 Å². The molecule has 1 fully saturated rings. The first-order valence-corrected chi connectivity index (χ1v) is 6.49. The second-order valence-corrected chi connectivity index (χ2v) is 5.28. The molecule has 2 N–H and O–H groups in total. The lowest BCUT2D eigenvalue weighted by Gasteiger charge is -2.32. The van der Waals surface area contributed by atoms with Gasteiger partial charge in [-0.3, -0.25) is 0 Å². The molecule has 1 heterocycles. The third-order valence-electron chi connectivity index (χ3n) is 3.55. The van der Waals surface area contributed by atoms with Crippen molar-refractivity contribution in [2.75, 3.05) is 19.6 Å². The van der Waals surface area contributed by atoms with Crippen molar-refractivity contribution in [1.82, 2.24) is 4.90 Å². The summed E-state index contributed by atoms with van der Waals surface area (Å²) in [6.45, 7) is 4.78. The quantitative estimate of drug-likeness (QED) is 0.898. The second-order valence-electron chi connectivity index (χ2n) is 5.28. The van der Waals surface area contributed by atoms with Gasteiger partial charge in [0.05, 0.1) is 0 Å². The van der Waals surface area contributed by atoms with Gasteiger partial charge in [0, 0.05) is 24.7 Å². The van der Waals surface area contributed by atoms with Crippen LogP contribution in [0.4, 0.5) is 8.78 Å². The number of hydrogen-bond acceptors (Lipinski definition) is 2. The van der Waals surface area contributed by atoms with Crippen LogP contribution in [0.1, 0.15) is 31.4 Å². The van der Waals surface area contributed by atoms with Gasteiger partial charge in [-0.05, 0) is 43.5 Å². The summed E-state index contributed by atoms with van der Waals surface area (Å²) in [6.07, 6.45) is 2.39. The zero-order valence-corrected chi connectivity index (χ0v) is 10.7. The third kappa shape index (κ3) is 3.27. The molecule has 1 aliphatic heterocycles. The first-order valence-electron chi connectivity index (χ1n) is 6.49. The van der Waals surface area contributed by atoms with Crippen LogP contribution in [0.3, 0.4) is 0 Å². The van der Waals surface area contributed by atoms with Crippen molar-refractivity contribution in [3.05, 3.63) is 35.4 Å². The Hall–Kier alpha value is -1.00. The van der Waals surface area contributed by atoms with E-state index in [9.17, 15) is 8.78 Å². The molecule has 0 radical (unpaired) electrons. The molecule has 0 spiro atoms. The van der Waals surface area contributed by atoms with E-state index in [1.807, 2.05) is 0 Å². The zero-order valence-electron chi connectivity index (χ0n) is 10.7. The maximum atomic E-state index is 13.6. The molecule has 0 amide bonds. The number of nitrogens with zero attached hydrogens (tertiary/aromatic N) is 1. The summed E-state index contributed by atoms with van der Waals surface area (Å²) < 4.78 is 26.7. The maximum absolute atomic E-state index is 13.6. The van der Waals surface area contributed by atoms with Crippen LogP contribution in [-0.4, -0.2) is 24.5 Å². The van der Waals surface area contributed by atoms with Crippen molar-refractivity contribution < 1.29 is 8.78 Å². The molecule has 0 bridgehead atoms. The molecule has 2 rings (SSSR count). The highest BCUT2D eigenvalue weighted by molar-refractivity contribution is 5.22. The highest BCUT2D eigenvalue weighted by Crippen LogP contribution is 2.21. The molecule has 0 aromatic heterocycles. The van der Waals surface area contributed by atoms with Crippen molar-refractivity contribution in [1.29, 1.82) is 0 Å². The molecule has 2 unspecified atom stereocenters. The predicted molar refractivity (Wildman–Crippen MR) is 68.1 cm³/mol. The third-order valence-corrected chi connectivity index (χ3v) is 3.55. The SMILES string of the molecule is CC1CCCN(CC(N)c2cc(F)ccc2F)C1. The molecule has 1 aromatic carbocycles. The average Bonchev–Trinajstić information content (AvgIpc) is 2.32. The van der Waals surface area contributed by atoms with Crippen LogP contribution in [0.5, 0.6) is 0 Å². The standard InChI is InChI=1S/C14H20F2N2/c1-10-3-2-6-18(8-10)9-14(17)12-7-11(15)4-5-13(12)16/h4-5,7,10,14H,2-3,6,8-9,17H2,1H3. The summed E-state index contributed by atoms with van der Waals surface area (Å²) in [4.78, 5) is 2.24. The van der Waals surface area contributed by atoms with Gasteiger partial charge in [0.2, 0.25) is 0 Å². The van der Waals surface area contributed by atoms with Crippen LogP contribution in [0, 0.1) is 17.6 Å². The van der Waals surface area contributed by atoms with E-state index in [2.05, 4.69) is 11.8 Å². The van der Waals surface area contributed by atoms with Crippen molar-refractivity contribution in [2.24, 2.45) is 11.7 Å². The molecule has 0 aliphatic carbocycles. The summed E-state index contributed by atoms with van der Waals surface area (Å²) in [5.41, 5.74) is 6.26. The van der Waals surface area contributed by atoms with Gasteiger partial charge < -0.3 is 10.6 Å². The van der Waals surface area contributed by atoms with Crippen LogP contribution >= 0.6 is 0 Å². The summed E-state index contributed by atoms with van der Waals surface area (Å²) in [5, 5.41) is 0. The lowest BCUT2D eigenvalue weighted by molar-refractivity contribution is 0.174. The van der Waals surface area contributed by atoms with Gasteiger partial charge in [-0.15, -0.1) is 0 Å². The Morgan fingerprint density at radius 2 is 2.22 bits per heavy atom. The van der Waals surface area contributed by atoms with E-state index in [1.165, 1.54) is 12.5 Å². The Bertz CT molecular complexity index is 409. The summed E-state index contributed by atoms with van der Waals surface area (Å²) in [7, 11) is 0. The largest absolute Gasteiger partial charge is 0.323 e. The monoisotopic (exact) mass is 254 g/mol. The fourth-order valence-corrected chi connectivity index (χ4v) is 2.63. The van der Waals surface area contributed by atoms with Crippen molar-refractivity contribution in [3.63, 3.8) is 0 Å². The van der Waals surface area contributed by atoms with E-state index in [1.54, 1.807) is 0 Å². The Balaban J connectivity index is 2.02. The maximum Gasteiger partial charge on any atom is 0.128 e. The van der Waals surface area contributed by atoms with Crippen LogP contribution < -0.4 is 5.73 Å². The van der Waals surface area contributed by atoms with Gasteiger partial charge in [-0.25, -0.2) is 8.78 Å². The molecular formula is C14H20F2N2. The van der Waals surface area contributed by atoms with E-state index in [4.69, 9.17) is 5.73 Å². The average molecular weight is 254 g/mol. The summed E-state index contributed by atoms with van der Waals surface area (Å²) >= 11 is 0. The number of nitrogens with two attached hydrogens (primary N) is 1. The Morgan fingerprint density at radius 3 is 2.94 bits per heavy atom. The smallest absolute Gasteiger partial charge is 0.128 e. The number of piperidine rings is 1. The van der Waals surface area contributed by atoms with Gasteiger partial charge in [-0.2, -0.15) is 0 Å². The van der Waals surface area contributed by atoms with Gasteiger partial charge >= 0.3 is 0 Å². The molecule has 100 valence electrons. The lowest BCUT2D eigenvalue weighted by Crippen LogP contribution is -2.39. The van der Waals surface area contributed by atoms with Crippen LogP contribution in [0.25, 0.3) is 0 Å². The Kier molecular flexibility index (Phi) is 4.30. The van der Waals surface area contributed by atoms with Gasteiger partial charge in [-0.1, -0.05) is 6.92 Å². The van der Waals surface area contributed by atoms with E-state index >= 15 is 0 Å². The number of likely N-dealkylation sites (tertiary alicyclic amines) is 1. The topological polar surface area (TPSA) is 29.3 Å². The predicted octanol–water partition coefficient (Wildman–Crippen LogP) is 2.70. The lowest BCUT2D eigenvalue weighted by atomic mass is 9.98. The Morgan fingerprint density at radius 1 is 1.44 bits per heavy atom. The zero-order chi connectivity index (χ0) is 13.1. The fourth-order valence-electron chi connectivity index (χ4n) is 2.63. The minimum atomic E-state index is -0.467. The molecule has 18 heavy (non-hydrogen) atoms. The van der Waals surface area contributed by atoms with Gasteiger partial charge in [0.15, 0.2) is 0 Å². The van der Waals surface area contributed by atoms with Crippen molar-refractivity contribution in [3.8, 4) is 0 Å². The highest BCUT2D eigenvalue weighted by atomic mass is 19.1. The second kappa shape index (κ2) is 5.76. The minimum Gasteiger partial charge on any atom is -0.323 e. The molecule has 1 aromatic rings. The fraction of sp³-hybridized carbons (Fsp3) is 0.571. The van der Waals surface area contributed by atoms with Crippen LogP contribution in [-0.2, 0) is 0 Å². The molecule has 2 atom stereocenters. The number of rotatable bonds is 3. The van der Waals surface area contributed by atoms with Crippen LogP contribution in [0.2, 0.25) is 0 Å². The highest BCUT2D eigenvalue weighted by Gasteiger charge is 2.20. The molecule has 4 heteroatoms. The molecule has 1 aliphatic rings. The molecular weight excluding hydrogens is 234 g/mol. The van der Waals surface area contributed by atoms with E-state index in [-0.39, 0.29) is 5.56 Å². The first kappa shape index (κ1) is 13.4. The molecule has 2 nitrogen and oxygen atoms in total. The minimum absolute atomic E-state index is 0.272. The van der Waals surface area contributed by atoms with Gasteiger partial charge in [0.25, 0.3) is 0 Å². The summed E-state index contributed by atoms with van der Waals surface area (Å²) in [6, 6.07) is 3.00. The normalized spacial score (nSPS) is 23.0. The van der Waals surface area contributed by atoms with Gasteiger partial charge in [0.1, 0.15) is 11.6 Å².